The summed E-state index contributed by atoms with van der Waals surface area (Å²) in [7, 11) is 0. The molecular formula is C16H25NS2. The van der Waals surface area contributed by atoms with Gasteiger partial charge in [0.15, 0.2) is 0 Å². The van der Waals surface area contributed by atoms with Crippen molar-refractivity contribution in [1.29, 1.82) is 0 Å². The number of thiophene rings is 1. The second-order valence-electron chi connectivity index (χ2n) is 5.18. The molecule has 0 bridgehead atoms. The highest BCUT2D eigenvalue weighted by molar-refractivity contribution is 7.98. The van der Waals surface area contributed by atoms with Crippen molar-refractivity contribution in [1.82, 2.24) is 4.72 Å². The molecule has 19 heavy (non-hydrogen) atoms. The van der Waals surface area contributed by atoms with Crippen LogP contribution in [0.15, 0.2) is 24.3 Å². The van der Waals surface area contributed by atoms with E-state index >= 15 is 0 Å². The van der Waals surface area contributed by atoms with Gasteiger partial charge in [-0.3, -0.25) is 4.72 Å². The Kier molecular flexibility index (Phi) is 6.37. The van der Waals surface area contributed by atoms with Crippen LogP contribution >= 0.6 is 23.3 Å². The van der Waals surface area contributed by atoms with Gasteiger partial charge in [0, 0.05) is 20.9 Å². The minimum Gasteiger partial charge on any atom is -0.258 e. The molecule has 0 saturated carbocycles. The second-order valence-corrected chi connectivity index (χ2v) is 8.04. The molecule has 1 nitrogen and oxygen atoms in total. The van der Waals surface area contributed by atoms with Crippen molar-refractivity contribution in [2.24, 2.45) is 0 Å². The van der Waals surface area contributed by atoms with Gasteiger partial charge in [0.25, 0.3) is 0 Å². The van der Waals surface area contributed by atoms with Crippen molar-refractivity contribution < 1.29 is 0 Å². The van der Waals surface area contributed by atoms with Gasteiger partial charge in [0.2, 0.25) is 0 Å². The third-order valence-corrected chi connectivity index (χ3v) is 4.73. The molecule has 1 N–H and O–H groups in total. The van der Waals surface area contributed by atoms with Crippen molar-refractivity contribution in [3.63, 3.8) is 0 Å². The molecule has 1 aromatic heterocycles. The summed E-state index contributed by atoms with van der Waals surface area (Å²) in [5.41, 5.74) is 1.42. The van der Waals surface area contributed by atoms with Crippen LogP contribution in [0.1, 0.15) is 45.1 Å². The summed E-state index contributed by atoms with van der Waals surface area (Å²) in [6, 6.07) is 8.64. The maximum absolute atomic E-state index is 3.47. The SMILES string of the molecule is CC.Cc1c(CNSC(C)(C)C)sc2ccccc12. The quantitative estimate of drug-likeness (QED) is 0.721. The first-order valence-corrected chi connectivity index (χ1v) is 8.48. The van der Waals surface area contributed by atoms with E-state index in [2.05, 4.69) is 56.7 Å². The molecule has 1 heterocycles. The van der Waals surface area contributed by atoms with Crippen LogP contribution in [0.25, 0.3) is 10.1 Å². The van der Waals surface area contributed by atoms with Gasteiger partial charge < -0.3 is 0 Å². The number of nitrogens with one attached hydrogen (secondary N) is 1. The van der Waals surface area contributed by atoms with Crippen molar-refractivity contribution in [2.45, 2.75) is 52.8 Å². The van der Waals surface area contributed by atoms with Gasteiger partial charge in [-0.1, -0.05) is 44.0 Å². The average Bonchev–Trinajstić information content (AvgIpc) is 2.68. The highest BCUT2D eigenvalue weighted by atomic mass is 32.2. The lowest BCUT2D eigenvalue weighted by atomic mass is 10.1. The molecule has 0 fully saturated rings. The van der Waals surface area contributed by atoms with E-state index in [1.807, 2.05) is 25.2 Å². The van der Waals surface area contributed by atoms with Crippen molar-refractivity contribution in [3.8, 4) is 0 Å². The number of rotatable bonds is 3. The maximum Gasteiger partial charge on any atom is 0.0407 e. The Morgan fingerprint density at radius 2 is 1.79 bits per heavy atom. The van der Waals surface area contributed by atoms with E-state index in [4.69, 9.17) is 0 Å². The third kappa shape index (κ3) is 4.83. The van der Waals surface area contributed by atoms with E-state index in [-0.39, 0.29) is 4.75 Å². The minimum atomic E-state index is 0.268. The molecule has 0 aliphatic carbocycles. The summed E-state index contributed by atoms with van der Waals surface area (Å²) in [4.78, 5) is 1.45. The van der Waals surface area contributed by atoms with E-state index in [0.717, 1.165) is 6.54 Å². The summed E-state index contributed by atoms with van der Waals surface area (Å²) >= 11 is 3.70. The molecule has 0 saturated heterocycles. The Balaban J connectivity index is 0.000000861. The predicted octanol–water partition coefficient (Wildman–Crippen LogP) is 5.77. The topological polar surface area (TPSA) is 12.0 Å². The van der Waals surface area contributed by atoms with Gasteiger partial charge in [-0.25, -0.2) is 0 Å². The second kappa shape index (κ2) is 7.32. The molecule has 2 rings (SSSR count). The van der Waals surface area contributed by atoms with E-state index in [0.29, 0.717) is 0 Å². The summed E-state index contributed by atoms with van der Waals surface area (Å²) < 4.78 is 5.13. The normalized spacial score (nSPS) is 11.3. The summed E-state index contributed by atoms with van der Waals surface area (Å²) in [6.07, 6.45) is 0. The Labute approximate surface area is 125 Å². The van der Waals surface area contributed by atoms with Crippen LogP contribution in [0.2, 0.25) is 0 Å². The van der Waals surface area contributed by atoms with Gasteiger partial charge in [0.05, 0.1) is 0 Å². The molecule has 2 aromatic rings. The standard InChI is InChI=1S/C14H19NS2.C2H6/c1-10-11-7-5-6-8-12(11)16-13(10)9-15-17-14(2,3)4;1-2/h5-8,15H,9H2,1-4H3;1-2H3. The predicted molar refractivity (Wildman–Crippen MR) is 92.1 cm³/mol. The molecule has 0 spiro atoms. The zero-order valence-corrected chi connectivity index (χ0v) is 14.5. The third-order valence-electron chi connectivity index (χ3n) is 2.55. The van der Waals surface area contributed by atoms with E-state index in [1.54, 1.807) is 11.9 Å². The lowest BCUT2D eigenvalue weighted by molar-refractivity contribution is 0.788. The van der Waals surface area contributed by atoms with Gasteiger partial charge in [-0.05, 0) is 44.7 Å². The molecule has 0 atom stereocenters. The van der Waals surface area contributed by atoms with E-state index in [1.165, 1.54) is 20.5 Å². The lowest BCUT2D eigenvalue weighted by Crippen LogP contribution is -2.16. The Morgan fingerprint density at radius 1 is 1.16 bits per heavy atom. The fourth-order valence-corrected chi connectivity index (χ4v) is 3.60. The molecule has 0 unspecified atom stereocenters. The van der Waals surface area contributed by atoms with Crippen molar-refractivity contribution in [2.75, 3.05) is 0 Å². The molecule has 1 aromatic carbocycles. The monoisotopic (exact) mass is 295 g/mol. The first-order chi connectivity index (χ1) is 8.97. The van der Waals surface area contributed by atoms with Gasteiger partial charge in [-0.15, -0.1) is 11.3 Å². The maximum atomic E-state index is 3.47. The fourth-order valence-electron chi connectivity index (χ4n) is 1.71. The van der Waals surface area contributed by atoms with E-state index in [9.17, 15) is 0 Å². The van der Waals surface area contributed by atoms with Gasteiger partial charge in [-0.2, -0.15) is 0 Å². The molecular weight excluding hydrogens is 270 g/mol. The lowest BCUT2D eigenvalue weighted by Gasteiger charge is -2.17. The van der Waals surface area contributed by atoms with Crippen molar-refractivity contribution in [3.05, 3.63) is 34.7 Å². The Bertz CT molecular complexity index is 509. The highest BCUT2D eigenvalue weighted by Gasteiger charge is 2.12. The Hall–Kier alpha value is -0.510. The number of hydrogen-bond acceptors (Lipinski definition) is 3. The van der Waals surface area contributed by atoms with E-state index < -0.39 is 0 Å². The van der Waals surface area contributed by atoms with Crippen LogP contribution in [0.3, 0.4) is 0 Å². The minimum absolute atomic E-state index is 0.268. The first kappa shape index (κ1) is 16.5. The molecule has 0 aliphatic heterocycles. The zero-order chi connectivity index (χ0) is 14.5. The molecule has 3 heteroatoms. The van der Waals surface area contributed by atoms with Crippen LogP contribution in [-0.2, 0) is 6.54 Å². The van der Waals surface area contributed by atoms with Crippen LogP contribution in [0, 0.1) is 6.92 Å². The fraction of sp³-hybridized carbons (Fsp3) is 0.500. The van der Waals surface area contributed by atoms with Gasteiger partial charge >= 0.3 is 0 Å². The Morgan fingerprint density at radius 3 is 2.37 bits per heavy atom. The number of fused-ring (bicyclic) bond motifs is 1. The molecule has 106 valence electrons. The molecule has 0 amide bonds. The van der Waals surface area contributed by atoms with Crippen LogP contribution in [-0.4, -0.2) is 4.75 Å². The smallest absolute Gasteiger partial charge is 0.0407 e. The average molecular weight is 296 g/mol. The van der Waals surface area contributed by atoms with Crippen LogP contribution in [0.5, 0.6) is 0 Å². The van der Waals surface area contributed by atoms with Gasteiger partial charge in [0.1, 0.15) is 0 Å². The zero-order valence-electron chi connectivity index (χ0n) is 12.8. The molecule has 0 radical (unpaired) electrons. The number of aryl methyl sites for hydroxylation is 1. The van der Waals surface area contributed by atoms with Crippen LogP contribution in [0.4, 0.5) is 0 Å². The molecule has 0 aliphatic rings. The largest absolute Gasteiger partial charge is 0.258 e. The summed E-state index contributed by atoms with van der Waals surface area (Å²) in [6.45, 7) is 13.8. The number of benzene rings is 1. The van der Waals surface area contributed by atoms with Crippen molar-refractivity contribution >= 4 is 33.4 Å². The summed E-state index contributed by atoms with van der Waals surface area (Å²) in [5, 5.41) is 1.40. The first-order valence-electron chi connectivity index (χ1n) is 6.85. The summed E-state index contributed by atoms with van der Waals surface area (Å²) in [5.74, 6) is 0. The highest BCUT2D eigenvalue weighted by Crippen LogP contribution is 2.31. The van der Waals surface area contributed by atoms with Crippen LogP contribution < -0.4 is 4.72 Å². The number of hydrogen-bond donors (Lipinski definition) is 1.